The van der Waals surface area contributed by atoms with Gasteiger partial charge in [0.15, 0.2) is 0 Å². The average Bonchev–Trinajstić information content (AvgIpc) is 2.55. The number of rotatable bonds is 3. The average molecular weight is 311 g/mol. The Morgan fingerprint density at radius 2 is 1.43 bits per heavy atom. The fraction of sp³-hybridized carbons (Fsp3) is 0. The summed E-state index contributed by atoms with van der Waals surface area (Å²) in [6.07, 6.45) is 1.13. The van der Waals surface area contributed by atoms with Crippen molar-refractivity contribution in [3.8, 4) is 22.4 Å². The molecule has 0 bridgehead atoms. The molecule has 0 amide bonds. The van der Waals surface area contributed by atoms with E-state index in [1.165, 1.54) is 42.5 Å². The van der Waals surface area contributed by atoms with Gasteiger partial charge >= 0.3 is 5.97 Å². The molecule has 0 unspecified atom stereocenters. The number of carbonyl (C=O) groups is 1. The van der Waals surface area contributed by atoms with E-state index in [2.05, 4.69) is 4.98 Å². The van der Waals surface area contributed by atoms with Gasteiger partial charge in [-0.25, -0.2) is 13.6 Å². The SMILES string of the molecule is O=C(O)c1cnc(-c2ccccc2F)c(-c2ccccc2F)c1. The first kappa shape index (κ1) is 14.8. The molecule has 3 rings (SSSR count). The Bertz CT molecular complexity index is 894. The molecule has 1 N–H and O–H groups in total. The van der Waals surface area contributed by atoms with Gasteiger partial charge in [-0.05, 0) is 24.3 Å². The first-order valence-corrected chi connectivity index (χ1v) is 6.81. The lowest BCUT2D eigenvalue weighted by atomic mass is 9.97. The van der Waals surface area contributed by atoms with Gasteiger partial charge in [0.25, 0.3) is 0 Å². The summed E-state index contributed by atoms with van der Waals surface area (Å²) in [5, 5.41) is 9.13. The minimum atomic E-state index is -1.19. The molecule has 1 heterocycles. The Morgan fingerprint density at radius 3 is 2.00 bits per heavy atom. The van der Waals surface area contributed by atoms with Gasteiger partial charge in [-0.3, -0.25) is 4.98 Å². The predicted molar refractivity (Wildman–Crippen MR) is 82.0 cm³/mol. The van der Waals surface area contributed by atoms with Crippen molar-refractivity contribution in [2.24, 2.45) is 0 Å². The number of benzene rings is 2. The molecule has 0 fully saturated rings. The fourth-order valence-electron chi connectivity index (χ4n) is 2.33. The summed E-state index contributed by atoms with van der Waals surface area (Å²) < 4.78 is 28.2. The summed E-state index contributed by atoms with van der Waals surface area (Å²) in [5.74, 6) is -2.23. The number of hydrogen-bond acceptors (Lipinski definition) is 2. The highest BCUT2D eigenvalue weighted by Crippen LogP contribution is 2.33. The van der Waals surface area contributed by atoms with Gasteiger partial charge in [0.1, 0.15) is 11.6 Å². The first-order chi connectivity index (χ1) is 11.1. The molecule has 2 aromatic carbocycles. The molecule has 1 aromatic heterocycles. The maximum atomic E-state index is 14.1. The number of halogens is 2. The highest BCUT2D eigenvalue weighted by molar-refractivity contribution is 5.92. The van der Waals surface area contributed by atoms with E-state index >= 15 is 0 Å². The standard InChI is InChI=1S/C18H11F2NO2/c19-15-7-3-1-5-12(15)14-9-11(18(22)23)10-21-17(14)13-6-2-4-8-16(13)20/h1-10H,(H,22,23). The van der Waals surface area contributed by atoms with E-state index in [0.29, 0.717) is 0 Å². The summed E-state index contributed by atoms with van der Waals surface area (Å²) in [6, 6.07) is 13.2. The maximum absolute atomic E-state index is 14.1. The van der Waals surface area contributed by atoms with Crippen LogP contribution in [0.2, 0.25) is 0 Å². The molecule has 5 heteroatoms. The predicted octanol–water partition coefficient (Wildman–Crippen LogP) is 4.39. The molecule has 0 atom stereocenters. The Hall–Kier alpha value is -3.08. The molecule has 0 aliphatic heterocycles. The number of carboxylic acids is 1. The van der Waals surface area contributed by atoms with Crippen molar-refractivity contribution in [1.82, 2.24) is 4.98 Å². The van der Waals surface area contributed by atoms with Crippen LogP contribution < -0.4 is 0 Å². The zero-order valence-corrected chi connectivity index (χ0v) is 11.8. The Morgan fingerprint density at radius 1 is 0.870 bits per heavy atom. The molecular formula is C18H11F2NO2. The molecule has 0 saturated carbocycles. The summed E-state index contributed by atoms with van der Waals surface area (Å²) >= 11 is 0. The molecule has 3 nitrogen and oxygen atoms in total. The molecule has 114 valence electrons. The molecule has 0 aliphatic rings. The van der Waals surface area contributed by atoms with Crippen molar-refractivity contribution in [3.05, 3.63) is 78.0 Å². The normalized spacial score (nSPS) is 10.5. The summed E-state index contributed by atoms with van der Waals surface area (Å²) in [6.45, 7) is 0. The van der Waals surface area contributed by atoms with Crippen LogP contribution in [0.5, 0.6) is 0 Å². The van der Waals surface area contributed by atoms with E-state index in [9.17, 15) is 13.6 Å². The van der Waals surface area contributed by atoms with Crippen molar-refractivity contribution < 1.29 is 18.7 Å². The number of pyridine rings is 1. The smallest absolute Gasteiger partial charge is 0.337 e. The van der Waals surface area contributed by atoms with E-state index in [1.807, 2.05) is 0 Å². The molecule has 0 radical (unpaired) electrons. The van der Waals surface area contributed by atoms with Crippen molar-refractivity contribution in [2.75, 3.05) is 0 Å². The van der Waals surface area contributed by atoms with Gasteiger partial charge in [-0.15, -0.1) is 0 Å². The van der Waals surface area contributed by atoms with E-state index in [0.717, 1.165) is 6.20 Å². The molecule has 0 spiro atoms. The number of nitrogens with zero attached hydrogens (tertiary/aromatic N) is 1. The second-order valence-corrected chi connectivity index (χ2v) is 4.89. The second-order valence-electron chi connectivity index (χ2n) is 4.89. The quantitative estimate of drug-likeness (QED) is 0.780. The topological polar surface area (TPSA) is 50.2 Å². The van der Waals surface area contributed by atoms with Gasteiger partial charge in [0.05, 0.1) is 11.3 Å². The van der Waals surface area contributed by atoms with Crippen LogP contribution in [0.1, 0.15) is 10.4 Å². The lowest BCUT2D eigenvalue weighted by Gasteiger charge is -2.11. The summed E-state index contributed by atoms with van der Waals surface area (Å²) in [7, 11) is 0. The lowest BCUT2D eigenvalue weighted by Crippen LogP contribution is -2.01. The molecule has 23 heavy (non-hydrogen) atoms. The van der Waals surface area contributed by atoms with Crippen LogP contribution in [0.3, 0.4) is 0 Å². The molecule has 0 aliphatic carbocycles. The third-order valence-corrected chi connectivity index (χ3v) is 3.43. The Labute approximate surface area is 130 Å². The number of aromatic nitrogens is 1. The summed E-state index contributed by atoms with van der Waals surface area (Å²) in [4.78, 5) is 15.2. The maximum Gasteiger partial charge on any atom is 0.337 e. The highest BCUT2D eigenvalue weighted by atomic mass is 19.1. The highest BCUT2D eigenvalue weighted by Gasteiger charge is 2.17. The van der Waals surface area contributed by atoms with E-state index in [4.69, 9.17) is 5.11 Å². The molecular weight excluding hydrogens is 300 g/mol. The van der Waals surface area contributed by atoms with Crippen LogP contribution in [0.4, 0.5) is 8.78 Å². The van der Waals surface area contributed by atoms with Crippen LogP contribution in [0.15, 0.2) is 60.8 Å². The first-order valence-electron chi connectivity index (χ1n) is 6.81. The van der Waals surface area contributed by atoms with Crippen LogP contribution >= 0.6 is 0 Å². The second kappa shape index (κ2) is 5.96. The largest absolute Gasteiger partial charge is 0.478 e. The van der Waals surface area contributed by atoms with Gasteiger partial charge < -0.3 is 5.11 Å². The third-order valence-electron chi connectivity index (χ3n) is 3.43. The van der Waals surface area contributed by atoms with Gasteiger partial charge in [-0.2, -0.15) is 0 Å². The Balaban J connectivity index is 2.31. The van der Waals surface area contributed by atoms with E-state index in [1.54, 1.807) is 12.1 Å². The van der Waals surface area contributed by atoms with E-state index in [-0.39, 0.29) is 27.9 Å². The van der Waals surface area contributed by atoms with Crippen LogP contribution in [0, 0.1) is 11.6 Å². The number of hydrogen-bond donors (Lipinski definition) is 1. The number of carboxylic acid groups (broad SMARTS) is 1. The monoisotopic (exact) mass is 311 g/mol. The minimum Gasteiger partial charge on any atom is -0.478 e. The fourth-order valence-corrected chi connectivity index (χ4v) is 2.33. The van der Waals surface area contributed by atoms with Crippen molar-refractivity contribution in [3.63, 3.8) is 0 Å². The minimum absolute atomic E-state index is 0.0941. The van der Waals surface area contributed by atoms with Gasteiger partial charge in [0.2, 0.25) is 0 Å². The third kappa shape index (κ3) is 2.81. The van der Waals surface area contributed by atoms with Gasteiger partial charge in [-0.1, -0.05) is 30.3 Å². The van der Waals surface area contributed by atoms with Crippen molar-refractivity contribution in [1.29, 1.82) is 0 Å². The summed E-state index contributed by atoms with van der Waals surface area (Å²) in [5.41, 5.74) is 0.679. The van der Waals surface area contributed by atoms with Crippen LogP contribution in [-0.2, 0) is 0 Å². The van der Waals surface area contributed by atoms with Crippen molar-refractivity contribution in [2.45, 2.75) is 0 Å². The number of aromatic carboxylic acids is 1. The van der Waals surface area contributed by atoms with Crippen LogP contribution in [-0.4, -0.2) is 16.1 Å². The lowest BCUT2D eigenvalue weighted by molar-refractivity contribution is 0.0696. The zero-order valence-electron chi connectivity index (χ0n) is 11.8. The zero-order chi connectivity index (χ0) is 16.4. The molecule has 3 aromatic rings. The van der Waals surface area contributed by atoms with Crippen molar-refractivity contribution >= 4 is 5.97 Å². The Kier molecular flexibility index (Phi) is 3.85. The van der Waals surface area contributed by atoms with E-state index < -0.39 is 17.6 Å². The van der Waals surface area contributed by atoms with Crippen LogP contribution in [0.25, 0.3) is 22.4 Å². The van der Waals surface area contributed by atoms with Gasteiger partial charge in [0, 0.05) is 22.9 Å². The molecule has 0 saturated heterocycles.